The van der Waals surface area contributed by atoms with Gasteiger partial charge in [-0.25, -0.2) is 0 Å². The summed E-state index contributed by atoms with van der Waals surface area (Å²) in [5.41, 5.74) is 2.58. The zero-order valence-electron chi connectivity index (χ0n) is 11.1. The van der Waals surface area contributed by atoms with E-state index in [9.17, 15) is 0 Å². The molecule has 0 heterocycles. The van der Waals surface area contributed by atoms with Gasteiger partial charge in [-0.1, -0.05) is 61.0 Å². The summed E-state index contributed by atoms with van der Waals surface area (Å²) in [6.07, 6.45) is 1.96. The predicted molar refractivity (Wildman–Crippen MR) is 84.3 cm³/mol. The van der Waals surface area contributed by atoms with E-state index in [0.717, 1.165) is 17.9 Å². The van der Waals surface area contributed by atoms with Crippen LogP contribution in [0.5, 0.6) is 0 Å². The molecule has 1 unspecified atom stereocenters. The molecule has 0 bridgehead atoms. The van der Waals surface area contributed by atoms with E-state index < -0.39 is 0 Å². The van der Waals surface area contributed by atoms with E-state index in [1.165, 1.54) is 11.1 Å². The Kier molecular flexibility index (Phi) is 4.90. The molecule has 0 N–H and O–H groups in total. The fourth-order valence-electron chi connectivity index (χ4n) is 2.43. The third-order valence-electron chi connectivity index (χ3n) is 3.77. The highest BCUT2D eigenvalue weighted by molar-refractivity contribution is 6.30. The highest BCUT2D eigenvalue weighted by Crippen LogP contribution is 2.33. The zero-order valence-corrected chi connectivity index (χ0v) is 12.6. The van der Waals surface area contributed by atoms with Crippen molar-refractivity contribution in [2.75, 3.05) is 5.88 Å². The minimum absolute atomic E-state index is 0.00333. The first-order chi connectivity index (χ1) is 9.20. The second-order valence-corrected chi connectivity index (χ2v) is 5.64. The number of alkyl halides is 1. The van der Waals surface area contributed by atoms with Crippen LogP contribution in [0.3, 0.4) is 0 Å². The van der Waals surface area contributed by atoms with Crippen molar-refractivity contribution in [2.24, 2.45) is 0 Å². The van der Waals surface area contributed by atoms with Gasteiger partial charge in [-0.15, -0.1) is 11.6 Å². The lowest BCUT2D eigenvalue weighted by Crippen LogP contribution is -2.30. The molecule has 0 radical (unpaired) electrons. The monoisotopic (exact) mass is 292 g/mol. The van der Waals surface area contributed by atoms with E-state index >= 15 is 0 Å². The third-order valence-corrected chi connectivity index (χ3v) is 4.54. The number of hydrogen-bond acceptors (Lipinski definition) is 0. The summed E-state index contributed by atoms with van der Waals surface area (Å²) in [5.74, 6) is 0.621. The lowest BCUT2D eigenvalue weighted by atomic mass is 9.75. The Bertz CT molecular complexity index is 499. The topological polar surface area (TPSA) is 0 Å². The molecule has 0 aliphatic carbocycles. The Morgan fingerprint density at radius 1 is 0.947 bits per heavy atom. The SMILES string of the molecule is CCC(CCl)(Cc1ccc(Cl)cc1)c1ccccc1. The van der Waals surface area contributed by atoms with Gasteiger partial charge in [0, 0.05) is 16.3 Å². The van der Waals surface area contributed by atoms with Gasteiger partial charge in [0.15, 0.2) is 0 Å². The van der Waals surface area contributed by atoms with Gasteiger partial charge in [0.2, 0.25) is 0 Å². The Labute approximate surface area is 125 Å². The second kappa shape index (κ2) is 6.45. The predicted octanol–water partition coefficient (Wildman–Crippen LogP) is 5.47. The first-order valence-corrected chi connectivity index (χ1v) is 7.47. The van der Waals surface area contributed by atoms with Crippen molar-refractivity contribution in [3.63, 3.8) is 0 Å². The molecule has 0 saturated heterocycles. The van der Waals surface area contributed by atoms with Crippen molar-refractivity contribution in [1.29, 1.82) is 0 Å². The molecular weight excluding hydrogens is 275 g/mol. The molecule has 0 saturated carbocycles. The van der Waals surface area contributed by atoms with E-state index in [4.69, 9.17) is 23.2 Å². The van der Waals surface area contributed by atoms with Crippen LogP contribution >= 0.6 is 23.2 Å². The molecule has 2 aromatic rings. The molecule has 19 heavy (non-hydrogen) atoms. The van der Waals surface area contributed by atoms with Crippen LogP contribution < -0.4 is 0 Å². The van der Waals surface area contributed by atoms with Gasteiger partial charge in [0.05, 0.1) is 0 Å². The number of hydrogen-bond donors (Lipinski definition) is 0. The molecule has 100 valence electrons. The van der Waals surface area contributed by atoms with Gasteiger partial charge in [0.1, 0.15) is 0 Å². The van der Waals surface area contributed by atoms with Crippen LogP contribution in [0.1, 0.15) is 24.5 Å². The van der Waals surface area contributed by atoms with E-state index in [1.807, 2.05) is 18.2 Å². The molecule has 0 fully saturated rings. The highest BCUT2D eigenvalue weighted by atomic mass is 35.5. The lowest BCUT2D eigenvalue weighted by molar-refractivity contribution is 0.458. The average molecular weight is 293 g/mol. The minimum atomic E-state index is -0.00333. The molecule has 2 heteroatoms. The van der Waals surface area contributed by atoms with Gasteiger partial charge in [-0.05, 0) is 36.1 Å². The van der Waals surface area contributed by atoms with Gasteiger partial charge in [-0.2, -0.15) is 0 Å². The first kappa shape index (κ1) is 14.4. The number of rotatable bonds is 5. The third kappa shape index (κ3) is 3.32. The molecule has 0 aliphatic heterocycles. The molecule has 2 rings (SSSR count). The van der Waals surface area contributed by atoms with Crippen molar-refractivity contribution in [3.8, 4) is 0 Å². The van der Waals surface area contributed by atoms with E-state index in [0.29, 0.717) is 5.88 Å². The van der Waals surface area contributed by atoms with Crippen LogP contribution in [0.4, 0.5) is 0 Å². The summed E-state index contributed by atoms with van der Waals surface area (Å²) >= 11 is 12.3. The maximum absolute atomic E-state index is 6.31. The van der Waals surface area contributed by atoms with Crippen molar-refractivity contribution in [2.45, 2.75) is 25.2 Å². The molecule has 0 nitrogen and oxygen atoms in total. The number of benzene rings is 2. The Morgan fingerprint density at radius 2 is 1.58 bits per heavy atom. The molecule has 0 aromatic heterocycles. The maximum Gasteiger partial charge on any atom is 0.0406 e. The summed E-state index contributed by atoms with van der Waals surface area (Å²) in [6, 6.07) is 18.6. The first-order valence-electron chi connectivity index (χ1n) is 6.56. The van der Waals surface area contributed by atoms with Crippen LogP contribution in [0.15, 0.2) is 54.6 Å². The van der Waals surface area contributed by atoms with E-state index in [2.05, 4.69) is 43.3 Å². The molecule has 0 spiro atoms. The minimum Gasteiger partial charge on any atom is -0.126 e. The van der Waals surface area contributed by atoms with Crippen LogP contribution in [0.25, 0.3) is 0 Å². The normalized spacial score (nSPS) is 14.1. The Morgan fingerprint density at radius 3 is 2.11 bits per heavy atom. The molecule has 0 amide bonds. The van der Waals surface area contributed by atoms with Gasteiger partial charge in [0.25, 0.3) is 0 Å². The smallest absolute Gasteiger partial charge is 0.0406 e. The van der Waals surface area contributed by atoms with Crippen molar-refractivity contribution < 1.29 is 0 Å². The van der Waals surface area contributed by atoms with Crippen molar-refractivity contribution >= 4 is 23.2 Å². The van der Waals surface area contributed by atoms with Crippen LogP contribution in [-0.2, 0) is 11.8 Å². The molecule has 2 aromatic carbocycles. The van der Waals surface area contributed by atoms with E-state index in [-0.39, 0.29) is 5.41 Å². The Hall–Kier alpha value is -0.980. The van der Waals surface area contributed by atoms with Crippen molar-refractivity contribution in [3.05, 3.63) is 70.7 Å². The van der Waals surface area contributed by atoms with Crippen molar-refractivity contribution in [1.82, 2.24) is 0 Å². The summed E-state index contributed by atoms with van der Waals surface area (Å²) in [6.45, 7) is 2.20. The largest absolute Gasteiger partial charge is 0.126 e. The second-order valence-electron chi connectivity index (χ2n) is 4.94. The lowest BCUT2D eigenvalue weighted by Gasteiger charge is -2.31. The molecular formula is C17H18Cl2. The maximum atomic E-state index is 6.31. The standard InChI is InChI=1S/C17H18Cl2/c1-2-17(13-18,15-6-4-3-5-7-15)12-14-8-10-16(19)11-9-14/h3-11H,2,12-13H2,1H3. The fraction of sp³-hybridized carbons (Fsp3) is 0.294. The van der Waals surface area contributed by atoms with E-state index in [1.54, 1.807) is 0 Å². The summed E-state index contributed by atoms with van der Waals surface area (Å²) < 4.78 is 0. The van der Waals surface area contributed by atoms with Crippen LogP contribution in [-0.4, -0.2) is 5.88 Å². The number of halogens is 2. The molecule has 1 atom stereocenters. The fourth-order valence-corrected chi connectivity index (χ4v) is 3.00. The van der Waals surface area contributed by atoms with Crippen LogP contribution in [0.2, 0.25) is 5.02 Å². The van der Waals surface area contributed by atoms with Gasteiger partial charge < -0.3 is 0 Å². The average Bonchev–Trinajstić information content (AvgIpc) is 2.48. The zero-order chi connectivity index (χ0) is 13.7. The summed E-state index contributed by atoms with van der Waals surface area (Å²) in [7, 11) is 0. The highest BCUT2D eigenvalue weighted by Gasteiger charge is 2.29. The quantitative estimate of drug-likeness (QED) is 0.641. The van der Waals surface area contributed by atoms with Crippen LogP contribution in [0, 0.1) is 0 Å². The van der Waals surface area contributed by atoms with Gasteiger partial charge >= 0.3 is 0 Å². The van der Waals surface area contributed by atoms with Gasteiger partial charge in [-0.3, -0.25) is 0 Å². The Balaban J connectivity index is 2.32. The summed E-state index contributed by atoms with van der Waals surface area (Å²) in [5, 5.41) is 0.774. The summed E-state index contributed by atoms with van der Waals surface area (Å²) in [4.78, 5) is 0. The molecule has 0 aliphatic rings.